The molecule has 0 N–H and O–H groups in total. The topological polar surface area (TPSA) is 12.5 Å². The second kappa shape index (κ2) is 7.82. The van der Waals surface area contributed by atoms with Crippen molar-refractivity contribution >= 4 is 0 Å². The van der Waals surface area contributed by atoms with Crippen molar-refractivity contribution < 1.29 is 17.9 Å². The second-order valence-corrected chi connectivity index (χ2v) is 6.67. The van der Waals surface area contributed by atoms with Gasteiger partial charge in [0, 0.05) is 13.1 Å². The Balaban J connectivity index is 1.50. The number of likely N-dealkylation sites (tertiary alicyclic amines) is 1. The number of halogens is 3. The van der Waals surface area contributed by atoms with Crippen molar-refractivity contribution in [3.63, 3.8) is 0 Å². The van der Waals surface area contributed by atoms with E-state index in [0.717, 1.165) is 38.9 Å². The van der Waals surface area contributed by atoms with E-state index in [9.17, 15) is 13.2 Å². The van der Waals surface area contributed by atoms with Crippen molar-refractivity contribution in [2.75, 3.05) is 19.6 Å². The van der Waals surface area contributed by atoms with Crippen LogP contribution < -0.4 is 0 Å². The lowest BCUT2D eigenvalue weighted by atomic mass is 9.95. The molecule has 1 saturated heterocycles. The maximum Gasteiger partial charge on any atom is 0.391 e. The van der Waals surface area contributed by atoms with E-state index in [-0.39, 0.29) is 6.42 Å². The van der Waals surface area contributed by atoms with Gasteiger partial charge < -0.3 is 9.64 Å². The van der Waals surface area contributed by atoms with Gasteiger partial charge in [0.2, 0.25) is 0 Å². The predicted octanol–water partition coefficient (Wildman–Crippen LogP) is 4.39. The Kier molecular flexibility index (Phi) is 6.35. The molecule has 2 fully saturated rings. The molecule has 1 saturated carbocycles. The molecule has 0 bridgehead atoms. The van der Waals surface area contributed by atoms with Gasteiger partial charge in [-0.15, -0.1) is 0 Å². The first-order chi connectivity index (χ1) is 9.95. The minimum Gasteiger partial charge on any atom is -0.375 e. The van der Waals surface area contributed by atoms with Crippen LogP contribution >= 0.6 is 0 Å². The van der Waals surface area contributed by atoms with Crippen molar-refractivity contribution in [1.82, 2.24) is 4.90 Å². The van der Waals surface area contributed by atoms with Gasteiger partial charge in [0.1, 0.15) is 0 Å². The lowest BCUT2D eigenvalue weighted by Crippen LogP contribution is -2.40. The minimum absolute atomic E-state index is 0.255. The van der Waals surface area contributed by atoms with Crippen LogP contribution in [0.5, 0.6) is 0 Å². The molecule has 2 nitrogen and oxygen atoms in total. The number of hydrogen-bond donors (Lipinski definition) is 0. The van der Waals surface area contributed by atoms with E-state index in [0.29, 0.717) is 18.6 Å². The fourth-order valence-corrected chi connectivity index (χ4v) is 3.00. The second-order valence-electron chi connectivity index (χ2n) is 6.67. The first kappa shape index (κ1) is 17.1. The third-order valence-corrected chi connectivity index (χ3v) is 4.89. The van der Waals surface area contributed by atoms with Gasteiger partial charge in [-0.2, -0.15) is 13.2 Å². The Hall–Kier alpha value is -0.290. The summed E-state index contributed by atoms with van der Waals surface area (Å²) in [6.45, 7) is 4.28. The summed E-state index contributed by atoms with van der Waals surface area (Å²) in [4.78, 5) is 2.37. The summed E-state index contributed by atoms with van der Waals surface area (Å²) < 4.78 is 43.2. The van der Waals surface area contributed by atoms with Crippen molar-refractivity contribution in [1.29, 1.82) is 0 Å². The zero-order valence-electron chi connectivity index (χ0n) is 13.0. The molecule has 1 unspecified atom stereocenters. The molecule has 1 aliphatic carbocycles. The number of piperidine rings is 1. The molecule has 1 atom stereocenters. The zero-order chi connectivity index (χ0) is 15.3. The fourth-order valence-electron chi connectivity index (χ4n) is 3.00. The number of hydrogen-bond acceptors (Lipinski definition) is 2. The summed E-state index contributed by atoms with van der Waals surface area (Å²) in [5.41, 5.74) is 0. The van der Waals surface area contributed by atoms with Gasteiger partial charge >= 0.3 is 6.18 Å². The summed E-state index contributed by atoms with van der Waals surface area (Å²) in [5, 5.41) is 0. The van der Waals surface area contributed by atoms with Gasteiger partial charge in [0.25, 0.3) is 0 Å². The van der Waals surface area contributed by atoms with Gasteiger partial charge in [0.15, 0.2) is 0 Å². The van der Waals surface area contributed by atoms with E-state index < -0.39 is 12.1 Å². The van der Waals surface area contributed by atoms with Gasteiger partial charge in [-0.1, -0.05) is 13.3 Å². The van der Waals surface area contributed by atoms with Crippen LogP contribution in [-0.2, 0) is 4.74 Å². The molecule has 0 aromatic carbocycles. The molecule has 0 aromatic heterocycles. The number of nitrogens with zero attached hydrogens (tertiary/aromatic N) is 1. The van der Waals surface area contributed by atoms with E-state index in [1.54, 1.807) is 0 Å². The Morgan fingerprint density at radius 2 is 1.67 bits per heavy atom. The van der Waals surface area contributed by atoms with E-state index in [2.05, 4.69) is 4.90 Å². The largest absolute Gasteiger partial charge is 0.391 e. The number of alkyl halides is 3. The maximum atomic E-state index is 12.4. The van der Waals surface area contributed by atoms with Crippen molar-refractivity contribution in [3.8, 4) is 0 Å². The van der Waals surface area contributed by atoms with Crippen LogP contribution in [0.25, 0.3) is 0 Å². The lowest BCUT2D eigenvalue weighted by molar-refractivity contribution is -0.171. The Bertz CT molecular complexity index is 296. The highest BCUT2D eigenvalue weighted by molar-refractivity contribution is 4.77. The molecule has 0 spiro atoms. The average molecular weight is 307 g/mol. The van der Waals surface area contributed by atoms with Crippen LogP contribution in [0.2, 0.25) is 0 Å². The van der Waals surface area contributed by atoms with E-state index in [1.807, 2.05) is 0 Å². The minimum atomic E-state index is -4.03. The Morgan fingerprint density at radius 3 is 2.19 bits per heavy atom. The van der Waals surface area contributed by atoms with Crippen molar-refractivity contribution in [3.05, 3.63) is 0 Å². The molecule has 1 heterocycles. The van der Waals surface area contributed by atoms with Crippen LogP contribution in [0.1, 0.15) is 58.3 Å². The molecule has 2 aliphatic rings. The number of unbranched alkanes of at least 4 members (excludes halogenated alkanes) is 1. The lowest BCUT2D eigenvalue weighted by Gasteiger charge is -2.36. The molecular weight excluding hydrogens is 279 g/mol. The standard InChI is InChI=1S/C16H28F3NO/c1-13(16(17,18)19)5-2-3-10-20-11-8-15(9-12-20)21-14-6-4-7-14/h13-15H,2-12H2,1H3. The highest BCUT2D eigenvalue weighted by Crippen LogP contribution is 2.30. The highest BCUT2D eigenvalue weighted by atomic mass is 19.4. The molecule has 124 valence electrons. The van der Waals surface area contributed by atoms with Crippen molar-refractivity contribution in [2.24, 2.45) is 5.92 Å². The molecule has 2 rings (SSSR count). The maximum absolute atomic E-state index is 12.4. The van der Waals surface area contributed by atoms with E-state index in [1.165, 1.54) is 26.2 Å². The van der Waals surface area contributed by atoms with Gasteiger partial charge in [-0.05, 0) is 51.5 Å². The third-order valence-electron chi connectivity index (χ3n) is 4.89. The Labute approximate surface area is 126 Å². The van der Waals surface area contributed by atoms with Gasteiger partial charge in [-0.25, -0.2) is 0 Å². The van der Waals surface area contributed by atoms with E-state index in [4.69, 9.17) is 4.74 Å². The van der Waals surface area contributed by atoms with Gasteiger partial charge in [-0.3, -0.25) is 0 Å². The Morgan fingerprint density at radius 1 is 1.05 bits per heavy atom. The van der Waals surface area contributed by atoms with Crippen molar-refractivity contribution in [2.45, 2.75) is 76.7 Å². The predicted molar refractivity (Wildman–Crippen MR) is 77.3 cm³/mol. The molecular formula is C16H28F3NO. The normalized spacial score (nSPS) is 24.0. The monoisotopic (exact) mass is 307 g/mol. The number of rotatable bonds is 7. The highest BCUT2D eigenvalue weighted by Gasteiger charge is 2.35. The van der Waals surface area contributed by atoms with Crippen LogP contribution in [0.3, 0.4) is 0 Å². The molecule has 0 aromatic rings. The summed E-state index contributed by atoms with van der Waals surface area (Å²) in [6.07, 6.45) is 4.58. The SMILES string of the molecule is CC(CCCCN1CCC(OC2CCC2)CC1)C(F)(F)F. The van der Waals surface area contributed by atoms with Gasteiger partial charge in [0.05, 0.1) is 18.1 Å². The summed E-state index contributed by atoms with van der Waals surface area (Å²) in [5.74, 6) is -1.17. The zero-order valence-corrected chi connectivity index (χ0v) is 13.0. The molecule has 0 radical (unpaired) electrons. The summed E-state index contributed by atoms with van der Waals surface area (Å²) in [7, 11) is 0. The quantitative estimate of drug-likeness (QED) is 0.647. The van der Waals surface area contributed by atoms with E-state index >= 15 is 0 Å². The smallest absolute Gasteiger partial charge is 0.375 e. The summed E-state index contributed by atoms with van der Waals surface area (Å²) in [6, 6.07) is 0. The molecule has 21 heavy (non-hydrogen) atoms. The van der Waals surface area contributed by atoms with Crippen LogP contribution in [0.4, 0.5) is 13.2 Å². The molecule has 1 aliphatic heterocycles. The third kappa shape index (κ3) is 5.78. The fraction of sp³-hybridized carbons (Fsp3) is 1.00. The summed E-state index contributed by atoms with van der Waals surface area (Å²) >= 11 is 0. The van der Waals surface area contributed by atoms with Crippen LogP contribution in [0.15, 0.2) is 0 Å². The molecule has 0 amide bonds. The molecule has 5 heteroatoms. The number of ether oxygens (including phenoxy) is 1. The average Bonchev–Trinajstić information content (AvgIpc) is 2.39. The first-order valence-corrected chi connectivity index (χ1v) is 8.39. The van der Waals surface area contributed by atoms with Crippen LogP contribution in [0, 0.1) is 5.92 Å². The first-order valence-electron chi connectivity index (χ1n) is 8.39. The van der Waals surface area contributed by atoms with Crippen LogP contribution in [-0.4, -0.2) is 42.9 Å².